The summed E-state index contributed by atoms with van der Waals surface area (Å²) in [6, 6.07) is 3.14. The quantitative estimate of drug-likeness (QED) is 0.873. The van der Waals surface area contributed by atoms with E-state index in [-0.39, 0.29) is 5.75 Å². The Balaban J connectivity index is 2.24. The Bertz CT molecular complexity index is 623. The number of halogens is 2. The monoisotopic (exact) mass is 271 g/mol. The summed E-state index contributed by atoms with van der Waals surface area (Å²) in [5, 5.41) is 6.59. The van der Waals surface area contributed by atoms with E-state index in [0.717, 1.165) is 12.1 Å². The van der Waals surface area contributed by atoms with Gasteiger partial charge in [-0.05, 0) is 31.3 Å². The summed E-state index contributed by atoms with van der Waals surface area (Å²) in [6.45, 7) is 1.70. The van der Waals surface area contributed by atoms with Crippen LogP contribution in [0, 0.1) is 16.4 Å². The molecular formula is C11H11F2N3OS. The molecule has 1 heterocycles. The SMILES string of the molecule is C[C@H](Oc1ccc(F)cc1F)c1n[nH]c(=S)n1C. The van der Waals surface area contributed by atoms with Gasteiger partial charge in [0.1, 0.15) is 5.82 Å². The van der Waals surface area contributed by atoms with Crippen LogP contribution in [0.3, 0.4) is 0 Å². The number of nitrogens with zero attached hydrogens (tertiary/aromatic N) is 2. The van der Waals surface area contributed by atoms with Gasteiger partial charge in [0.15, 0.2) is 28.3 Å². The average molecular weight is 271 g/mol. The van der Waals surface area contributed by atoms with Gasteiger partial charge in [0.2, 0.25) is 0 Å². The van der Waals surface area contributed by atoms with E-state index in [9.17, 15) is 8.78 Å². The van der Waals surface area contributed by atoms with Crippen molar-refractivity contribution in [1.82, 2.24) is 14.8 Å². The summed E-state index contributed by atoms with van der Waals surface area (Å²) in [4.78, 5) is 0. The second kappa shape index (κ2) is 4.85. The van der Waals surface area contributed by atoms with Crippen molar-refractivity contribution in [3.05, 3.63) is 40.4 Å². The van der Waals surface area contributed by atoms with Crippen molar-refractivity contribution in [2.45, 2.75) is 13.0 Å². The lowest BCUT2D eigenvalue weighted by Gasteiger charge is -2.14. The Morgan fingerprint density at radius 2 is 2.17 bits per heavy atom. The first-order valence-electron chi connectivity index (χ1n) is 5.22. The number of hydrogen-bond donors (Lipinski definition) is 1. The van der Waals surface area contributed by atoms with E-state index in [1.54, 1.807) is 18.5 Å². The van der Waals surface area contributed by atoms with Gasteiger partial charge in [-0.15, -0.1) is 0 Å². The fraction of sp³-hybridized carbons (Fsp3) is 0.273. The second-order valence-corrected chi connectivity index (χ2v) is 4.17. The van der Waals surface area contributed by atoms with Crippen molar-refractivity contribution < 1.29 is 13.5 Å². The summed E-state index contributed by atoms with van der Waals surface area (Å²) in [5.74, 6) is -0.897. The summed E-state index contributed by atoms with van der Waals surface area (Å²) < 4.78 is 33.6. The Kier molecular flexibility index (Phi) is 3.42. The van der Waals surface area contributed by atoms with E-state index in [4.69, 9.17) is 17.0 Å². The molecule has 0 spiro atoms. The highest BCUT2D eigenvalue weighted by Gasteiger charge is 2.16. The predicted octanol–water partition coefficient (Wildman–Crippen LogP) is 2.90. The molecule has 0 saturated heterocycles. The molecule has 0 fully saturated rings. The largest absolute Gasteiger partial charge is 0.480 e. The second-order valence-electron chi connectivity index (χ2n) is 3.78. The molecule has 1 aromatic carbocycles. The molecule has 0 amide bonds. The molecule has 1 atom stereocenters. The zero-order valence-corrected chi connectivity index (χ0v) is 10.6. The van der Waals surface area contributed by atoms with Gasteiger partial charge in [-0.1, -0.05) is 0 Å². The Hall–Kier alpha value is -1.76. The zero-order chi connectivity index (χ0) is 13.3. The van der Waals surface area contributed by atoms with Gasteiger partial charge in [0.25, 0.3) is 0 Å². The van der Waals surface area contributed by atoms with E-state index in [1.807, 2.05) is 0 Å². The van der Waals surface area contributed by atoms with Gasteiger partial charge in [-0.25, -0.2) is 8.78 Å². The first kappa shape index (κ1) is 12.7. The highest BCUT2D eigenvalue weighted by Crippen LogP contribution is 2.23. The Labute approximate surface area is 107 Å². The molecule has 96 valence electrons. The predicted molar refractivity (Wildman–Crippen MR) is 63.8 cm³/mol. The molecule has 0 aliphatic carbocycles. The first-order chi connectivity index (χ1) is 8.49. The number of ether oxygens (including phenoxy) is 1. The lowest BCUT2D eigenvalue weighted by Crippen LogP contribution is -2.10. The smallest absolute Gasteiger partial charge is 0.195 e. The molecule has 1 N–H and O–H groups in total. The standard InChI is InChI=1S/C11H11F2N3OS/c1-6(10-14-15-11(18)16(10)2)17-9-4-3-7(12)5-8(9)13/h3-6H,1-2H3,(H,15,18)/t6-/m0/s1. The number of aromatic amines is 1. The van der Waals surface area contributed by atoms with Crippen molar-refractivity contribution >= 4 is 12.2 Å². The summed E-state index contributed by atoms with van der Waals surface area (Å²) >= 11 is 4.97. The molecular weight excluding hydrogens is 260 g/mol. The van der Waals surface area contributed by atoms with Crippen molar-refractivity contribution in [3.8, 4) is 5.75 Å². The molecule has 18 heavy (non-hydrogen) atoms. The first-order valence-corrected chi connectivity index (χ1v) is 5.63. The van der Waals surface area contributed by atoms with Crippen molar-refractivity contribution in [3.63, 3.8) is 0 Å². The van der Waals surface area contributed by atoms with E-state index in [0.29, 0.717) is 10.6 Å². The van der Waals surface area contributed by atoms with E-state index >= 15 is 0 Å². The molecule has 0 aliphatic rings. The highest BCUT2D eigenvalue weighted by molar-refractivity contribution is 7.71. The molecule has 7 heteroatoms. The van der Waals surface area contributed by atoms with Gasteiger partial charge >= 0.3 is 0 Å². The number of nitrogens with one attached hydrogen (secondary N) is 1. The normalized spacial score (nSPS) is 12.4. The molecule has 2 aromatic rings. The highest BCUT2D eigenvalue weighted by atomic mass is 32.1. The lowest BCUT2D eigenvalue weighted by molar-refractivity contribution is 0.202. The third-order valence-electron chi connectivity index (χ3n) is 2.48. The fourth-order valence-electron chi connectivity index (χ4n) is 1.54. The van der Waals surface area contributed by atoms with Gasteiger partial charge in [-0.2, -0.15) is 5.10 Å². The zero-order valence-electron chi connectivity index (χ0n) is 9.78. The van der Waals surface area contributed by atoms with Crippen LogP contribution in [0.5, 0.6) is 5.75 Å². The number of hydrogen-bond acceptors (Lipinski definition) is 3. The molecule has 0 bridgehead atoms. The minimum Gasteiger partial charge on any atom is -0.480 e. The average Bonchev–Trinajstić information content (AvgIpc) is 2.64. The van der Waals surface area contributed by atoms with Gasteiger partial charge in [0.05, 0.1) is 0 Å². The molecule has 0 unspecified atom stereocenters. The maximum atomic E-state index is 13.4. The van der Waals surface area contributed by atoms with Gasteiger partial charge in [-0.3, -0.25) is 5.10 Å². The van der Waals surface area contributed by atoms with Gasteiger partial charge in [0, 0.05) is 13.1 Å². The molecule has 4 nitrogen and oxygen atoms in total. The van der Waals surface area contributed by atoms with E-state index in [2.05, 4.69) is 10.2 Å². The molecule has 0 saturated carbocycles. The molecule has 1 aromatic heterocycles. The van der Waals surface area contributed by atoms with Crippen LogP contribution in [0.4, 0.5) is 8.78 Å². The summed E-state index contributed by atoms with van der Waals surface area (Å²) in [6.07, 6.45) is -0.511. The number of H-pyrrole nitrogens is 1. The fourth-order valence-corrected chi connectivity index (χ4v) is 1.68. The van der Waals surface area contributed by atoms with Crippen LogP contribution >= 0.6 is 12.2 Å². The topological polar surface area (TPSA) is 42.8 Å². The third kappa shape index (κ3) is 2.40. The van der Waals surface area contributed by atoms with Crippen molar-refractivity contribution in [2.75, 3.05) is 0 Å². The molecule has 0 aliphatic heterocycles. The minimum absolute atomic E-state index is 0.0298. The number of benzene rings is 1. The number of rotatable bonds is 3. The van der Waals surface area contributed by atoms with Crippen LogP contribution in [0.1, 0.15) is 18.9 Å². The third-order valence-corrected chi connectivity index (χ3v) is 2.84. The maximum Gasteiger partial charge on any atom is 0.195 e. The van der Waals surface area contributed by atoms with Crippen LogP contribution in [0.25, 0.3) is 0 Å². The molecule has 2 rings (SSSR count). The Morgan fingerprint density at radius 1 is 1.44 bits per heavy atom. The summed E-state index contributed by atoms with van der Waals surface area (Å²) in [5.41, 5.74) is 0. The van der Waals surface area contributed by atoms with Crippen LogP contribution in [-0.4, -0.2) is 14.8 Å². The van der Waals surface area contributed by atoms with Crippen LogP contribution in [0.2, 0.25) is 0 Å². The van der Waals surface area contributed by atoms with Crippen LogP contribution in [-0.2, 0) is 7.05 Å². The van der Waals surface area contributed by atoms with E-state index in [1.165, 1.54) is 6.07 Å². The van der Waals surface area contributed by atoms with Crippen LogP contribution < -0.4 is 4.74 Å². The summed E-state index contributed by atoms with van der Waals surface area (Å²) in [7, 11) is 1.72. The maximum absolute atomic E-state index is 13.4. The van der Waals surface area contributed by atoms with Crippen molar-refractivity contribution in [2.24, 2.45) is 7.05 Å². The lowest BCUT2D eigenvalue weighted by atomic mass is 10.3. The Morgan fingerprint density at radius 3 is 2.72 bits per heavy atom. The van der Waals surface area contributed by atoms with E-state index < -0.39 is 17.7 Å². The number of aromatic nitrogens is 3. The van der Waals surface area contributed by atoms with Crippen LogP contribution in [0.15, 0.2) is 18.2 Å². The molecule has 0 radical (unpaired) electrons. The van der Waals surface area contributed by atoms with Crippen molar-refractivity contribution in [1.29, 1.82) is 0 Å². The minimum atomic E-state index is -0.751. The van der Waals surface area contributed by atoms with Gasteiger partial charge < -0.3 is 9.30 Å².